The van der Waals surface area contributed by atoms with Crippen molar-refractivity contribution in [3.05, 3.63) is 58.9 Å². The molecule has 9 heteroatoms. The summed E-state index contributed by atoms with van der Waals surface area (Å²) in [5.74, 6) is 1.05. The van der Waals surface area contributed by atoms with Gasteiger partial charge in [0.25, 0.3) is 5.91 Å². The van der Waals surface area contributed by atoms with Crippen molar-refractivity contribution in [1.82, 2.24) is 24.3 Å². The Hall–Kier alpha value is -3.10. The summed E-state index contributed by atoms with van der Waals surface area (Å²) >= 11 is 6.01. The molecule has 1 N–H and O–H groups in total. The van der Waals surface area contributed by atoms with E-state index in [1.54, 1.807) is 12.1 Å². The second-order valence-corrected chi connectivity index (χ2v) is 9.43. The van der Waals surface area contributed by atoms with E-state index in [9.17, 15) is 9.59 Å². The molecular weight excluding hydrogens is 452 g/mol. The van der Waals surface area contributed by atoms with Crippen LogP contribution in [0.5, 0.6) is 0 Å². The molecule has 8 nitrogen and oxygen atoms in total. The summed E-state index contributed by atoms with van der Waals surface area (Å²) in [5, 5.41) is 3.51. The predicted molar refractivity (Wildman–Crippen MR) is 133 cm³/mol. The Balaban J connectivity index is 1.20. The van der Waals surface area contributed by atoms with Gasteiger partial charge in [-0.25, -0.2) is 9.78 Å². The van der Waals surface area contributed by atoms with Gasteiger partial charge in [-0.05, 0) is 49.2 Å². The van der Waals surface area contributed by atoms with Gasteiger partial charge in [-0.1, -0.05) is 17.7 Å². The molecule has 0 bridgehead atoms. The molecule has 0 atom stereocenters. The monoisotopic (exact) mass is 480 g/mol. The smallest absolute Gasteiger partial charge is 0.321 e. The molecule has 0 radical (unpaired) electrons. The number of imidazole rings is 1. The van der Waals surface area contributed by atoms with Gasteiger partial charge in [0.15, 0.2) is 0 Å². The first kappa shape index (κ1) is 22.7. The third kappa shape index (κ3) is 4.74. The molecular formula is C25H29ClN6O2. The number of aryl methyl sites for hydroxylation is 1. The average Bonchev–Trinajstić information content (AvgIpc) is 3.48. The first-order valence-electron chi connectivity index (χ1n) is 11.8. The van der Waals surface area contributed by atoms with E-state index < -0.39 is 0 Å². The topological polar surface area (TPSA) is 73.7 Å². The van der Waals surface area contributed by atoms with Gasteiger partial charge in [0.05, 0.1) is 17.6 Å². The Labute approximate surface area is 204 Å². The van der Waals surface area contributed by atoms with Gasteiger partial charge in [-0.2, -0.15) is 0 Å². The van der Waals surface area contributed by atoms with E-state index in [4.69, 9.17) is 16.6 Å². The SMILES string of the molecule is Cn1c(CN2CCN(C(=O)Nc3cccc(Cl)c3)CC2)nc2cc(C(=O)N3CCCC3)ccc21. The van der Waals surface area contributed by atoms with Crippen molar-refractivity contribution in [2.45, 2.75) is 19.4 Å². The maximum atomic E-state index is 12.8. The molecule has 0 unspecified atom stereocenters. The number of halogens is 1. The first-order chi connectivity index (χ1) is 16.5. The fraction of sp³-hybridized carbons (Fsp3) is 0.400. The Morgan fingerprint density at radius 3 is 2.47 bits per heavy atom. The zero-order valence-corrected chi connectivity index (χ0v) is 20.1. The normalized spacial score (nSPS) is 16.9. The van der Waals surface area contributed by atoms with E-state index in [1.165, 1.54) is 0 Å². The van der Waals surface area contributed by atoms with Crippen LogP contribution in [0.25, 0.3) is 11.0 Å². The van der Waals surface area contributed by atoms with Crippen molar-refractivity contribution >= 4 is 40.3 Å². The summed E-state index contributed by atoms with van der Waals surface area (Å²) < 4.78 is 2.09. The lowest BCUT2D eigenvalue weighted by Gasteiger charge is -2.34. The van der Waals surface area contributed by atoms with Crippen LogP contribution in [-0.2, 0) is 13.6 Å². The number of aromatic nitrogens is 2. The number of piperazine rings is 1. The van der Waals surface area contributed by atoms with E-state index in [1.807, 2.05) is 47.2 Å². The van der Waals surface area contributed by atoms with Crippen LogP contribution in [0.4, 0.5) is 10.5 Å². The Bertz CT molecular complexity index is 1210. The maximum absolute atomic E-state index is 12.8. The number of urea groups is 1. The molecule has 2 fully saturated rings. The van der Waals surface area contributed by atoms with Crippen LogP contribution in [0.2, 0.25) is 5.02 Å². The number of anilines is 1. The van der Waals surface area contributed by atoms with E-state index >= 15 is 0 Å². The highest BCUT2D eigenvalue weighted by Crippen LogP contribution is 2.21. The Morgan fingerprint density at radius 2 is 1.74 bits per heavy atom. The third-order valence-corrected chi connectivity index (χ3v) is 6.95. The summed E-state index contributed by atoms with van der Waals surface area (Å²) in [6, 6.07) is 12.9. The summed E-state index contributed by atoms with van der Waals surface area (Å²) in [4.78, 5) is 36.3. The maximum Gasteiger partial charge on any atom is 0.321 e. The van der Waals surface area contributed by atoms with Gasteiger partial charge in [0.1, 0.15) is 5.82 Å². The molecule has 2 saturated heterocycles. The summed E-state index contributed by atoms with van der Waals surface area (Å²) in [7, 11) is 2.02. The molecule has 0 aliphatic carbocycles. The summed E-state index contributed by atoms with van der Waals surface area (Å²) in [5.41, 5.74) is 3.27. The van der Waals surface area contributed by atoms with Gasteiger partial charge >= 0.3 is 6.03 Å². The number of nitrogens with one attached hydrogen (secondary N) is 1. The number of hydrogen-bond donors (Lipinski definition) is 1. The van der Waals surface area contributed by atoms with Gasteiger partial charge in [0.2, 0.25) is 0 Å². The van der Waals surface area contributed by atoms with Gasteiger partial charge in [-0.15, -0.1) is 0 Å². The van der Waals surface area contributed by atoms with Crippen LogP contribution in [-0.4, -0.2) is 75.5 Å². The number of likely N-dealkylation sites (tertiary alicyclic amines) is 1. The van der Waals surface area contributed by atoms with Crippen LogP contribution in [0.1, 0.15) is 29.0 Å². The largest absolute Gasteiger partial charge is 0.339 e. The van der Waals surface area contributed by atoms with Crippen LogP contribution >= 0.6 is 11.6 Å². The van der Waals surface area contributed by atoms with Crippen molar-refractivity contribution in [2.24, 2.45) is 7.05 Å². The number of nitrogens with zero attached hydrogens (tertiary/aromatic N) is 5. The molecule has 3 heterocycles. The highest BCUT2D eigenvalue weighted by molar-refractivity contribution is 6.30. The molecule has 3 aromatic rings. The standard InChI is InChI=1S/C25H29ClN6O2/c1-29-22-8-7-18(24(33)31-9-2-3-10-31)15-21(22)28-23(29)17-30-11-13-32(14-12-30)25(34)27-20-6-4-5-19(26)16-20/h4-8,15-16H,2-3,9-14,17H2,1H3,(H,27,34). The van der Waals surface area contributed by atoms with E-state index in [0.29, 0.717) is 35.9 Å². The second kappa shape index (κ2) is 9.64. The minimum Gasteiger partial charge on any atom is -0.339 e. The molecule has 34 heavy (non-hydrogen) atoms. The molecule has 2 aliphatic rings. The lowest BCUT2D eigenvalue weighted by molar-refractivity contribution is 0.0793. The molecule has 0 spiro atoms. The van der Waals surface area contributed by atoms with Gasteiger partial charge in [-0.3, -0.25) is 9.69 Å². The predicted octanol–water partition coefficient (Wildman–Crippen LogP) is 3.81. The van der Waals surface area contributed by atoms with E-state index in [0.717, 1.165) is 55.9 Å². The van der Waals surface area contributed by atoms with Crippen LogP contribution in [0.15, 0.2) is 42.5 Å². The van der Waals surface area contributed by atoms with Crippen LogP contribution in [0, 0.1) is 0 Å². The third-order valence-electron chi connectivity index (χ3n) is 6.71. The second-order valence-electron chi connectivity index (χ2n) is 8.99. The number of amides is 3. The molecule has 5 rings (SSSR count). The molecule has 1 aromatic heterocycles. The lowest BCUT2D eigenvalue weighted by Crippen LogP contribution is -2.49. The number of carbonyl (C=O) groups excluding carboxylic acids is 2. The minimum atomic E-state index is -0.111. The Kier molecular flexibility index (Phi) is 6.43. The lowest BCUT2D eigenvalue weighted by atomic mass is 10.2. The molecule has 3 amide bonds. The van der Waals surface area contributed by atoms with Crippen molar-refractivity contribution in [2.75, 3.05) is 44.6 Å². The number of carbonyl (C=O) groups is 2. The molecule has 178 valence electrons. The van der Waals surface area contributed by atoms with Crippen molar-refractivity contribution in [3.63, 3.8) is 0 Å². The zero-order chi connectivity index (χ0) is 23.7. The van der Waals surface area contributed by atoms with Crippen LogP contribution < -0.4 is 5.32 Å². The minimum absolute atomic E-state index is 0.0961. The first-order valence-corrected chi connectivity index (χ1v) is 12.1. The number of fused-ring (bicyclic) bond motifs is 1. The van der Waals surface area contributed by atoms with Crippen molar-refractivity contribution in [3.8, 4) is 0 Å². The summed E-state index contributed by atoms with van der Waals surface area (Å²) in [6.45, 7) is 5.20. The fourth-order valence-corrected chi connectivity index (χ4v) is 4.90. The number of rotatable bonds is 4. The molecule has 2 aromatic carbocycles. The molecule has 2 aliphatic heterocycles. The quantitative estimate of drug-likeness (QED) is 0.616. The number of hydrogen-bond acceptors (Lipinski definition) is 4. The highest BCUT2D eigenvalue weighted by atomic mass is 35.5. The van der Waals surface area contributed by atoms with Gasteiger partial charge < -0.3 is 19.7 Å². The fourth-order valence-electron chi connectivity index (χ4n) is 4.70. The van der Waals surface area contributed by atoms with Crippen LogP contribution in [0.3, 0.4) is 0 Å². The Morgan fingerprint density at radius 1 is 0.971 bits per heavy atom. The highest BCUT2D eigenvalue weighted by Gasteiger charge is 2.24. The van der Waals surface area contributed by atoms with Gasteiger partial charge in [0, 0.05) is 62.6 Å². The van der Waals surface area contributed by atoms with Crippen molar-refractivity contribution < 1.29 is 9.59 Å². The zero-order valence-electron chi connectivity index (χ0n) is 19.3. The van der Waals surface area contributed by atoms with E-state index in [2.05, 4.69) is 14.8 Å². The summed E-state index contributed by atoms with van der Waals surface area (Å²) in [6.07, 6.45) is 2.16. The average molecular weight is 481 g/mol. The van der Waals surface area contributed by atoms with E-state index in [-0.39, 0.29) is 11.9 Å². The van der Waals surface area contributed by atoms with Crippen molar-refractivity contribution in [1.29, 1.82) is 0 Å². The molecule has 0 saturated carbocycles. The number of benzene rings is 2.